The SMILES string of the molecule is COc1ccc(OCc2cc(C)nn2C)c(N)c1. The third-order valence-electron chi connectivity index (χ3n) is 2.69. The van der Waals surface area contributed by atoms with Crippen molar-refractivity contribution in [2.75, 3.05) is 12.8 Å². The lowest BCUT2D eigenvalue weighted by Crippen LogP contribution is -2.04. The maximum Gasteiger partial charge on any atom is 0.143 e. The van der Waals surface area contributed by atoms with Gasteiger partial charge >= 0.3 is 0 Å². The number of nitrogen functional groups attached to an aromatic ring is 1. The molecule has 1 heterocycles. The van der Waals surface area contributed by atoms with Crippen LogP contribution >= 0.6 is 0 Å². The van der Waals surface area contributed by atoms with Crippen LogP contribution in [-0.4, -0.2) is 16.9 Å². The molecule has 2 rings (SSSR count). The number of hydrogen-bond donors (Lipinski definition) is 1. The zero-order valence-corrected chi connectivity index (χ0v) is 10.8. The fraction of sp³-hybridized carbons (Fsp3) is 0.308. The Morgan fingerprint density at radius 2 is 2.11 bits per heavy atom. The molecule has 2 N–H and O–H groups in total. The molecular weight excluding hydrogens is 230 g/mol. The molecule has 0 aliphatic carbocycles. The van der Waals surface area contributed by atoms with E-state index in [0.29, 0.717) is 18.0 Å². The molecule has 0 atom stereocenters. The molecule has 5 heteroatoms. The lowest BCUT2D eigenvalue weighted by molar-refractivity contribution is 0.296. The summed E-state index contributed by atoms with van der Waals surface area (Å²) in [5, 5.41) is 4.26. The van der Waals surface area contributed by atoms with E-state index in [4.69, 9.17) is 15.2 Å². The van der Waals surface area contributed by atoms with Crippen LogP contribution in [0.3, 0.4) is 0 Å². The smallest absolute Gasteiger partial charge is 0.143 e. The van der Waals surface area contributed by atoms with E-state index in [2.05, 4.69) is 5.10 Å². The normalized spacial score (nSPS) is 10.4. The lowest BCUT2D eigenvalue weighted by atomic mass is 10.3. The number of anilines is 1. The number of hydrogen-bond acceptors (Lipinski definition) is 4. The predicted octanol–water partition coefficient (Wildman–Crippen LogP) is 1.90. The molecule has 5 nitrogen and oxygen atoms in total. The van der Waals surface area contributed by atoms with Gasteiger partial charge in [-0.2, -0.15) is 5.10 Å². The minimum Gasteiger partial charge on any atom is -0.497 e. The van der Waals surface area contributed by atoms with Crippen molar-refractivity contribution in [2.45, 2.75) is 13.5 Å². The van der Waals surface area contributed by atoms with Crippen molar-refractivity contribution in [3.63, 3.8) is 0 Å². The molecule has 0 radical (unpaired) electrons. The van der Waals surface area contributed by atoms with E-state index in [-0.39, 0.29) is 0 Å². The van der Waals surface area contributed by atoms with Gasteiger partial charge in [-0.15, -0.1) is 0 Å². The summed E-state index contributed by atoms with van der Waals surface area (Å²) in [5.41, 5.74) is 8.41. The van der Waals surface area contributed by atoms with Crippen LogP contribution in [-0.2, 0) is 13.7 Å². The van der Waals surface area contributed by atoms with Gasteiger partial charge in [0.25, 0.3) is 0 Å². The highest BCUT2D eigenvalue weighted by Gasteiger charge is 2.06. The summed E-state index contributed by atoms with van der Waals surface area (Å²) in [5.74, 6) is 1.37. The number of methoxy groups -OCH3 is 1. The van der Waals surface area contributed by atoms with Crippen LogP contribution in [0.4, 0.5) is 5.69 Å². The zero-order valence-electron chi connectivity index (χ0n) is 10.8. The molecule has 0 amide bonds. The number of nitrogens with zero attached hydrogens (tertiary/aromatic N) is 2. The molecule has 0 fully saturated rings. The van der Waals surface area contributed by atoms with Crippen molar-refractivity contribution < 1.29 is 9.47 Å². The summed E-state index contributed by atoms with van der Waals surface area (Å²) in [4.78, 5) is 0. The largest absolute Gasteiger partial charge is 0.497 e. The van der Waals surface area contributed by atoms with Gasteiger partial charge in [-0.25, -0.2) is 0 Å². The van der Waals surface area contributed by atoms with Crippen molar-refractivity contribution in [3.8, 4) is 11.5 Å². The van der Waals surface area contributed by atoms with Gasteiger partial charge in [-0.1, -0.05) is 0 Å². The van der Waals surface area contributed by atoms with E-state index in [0.717, 1.165) is 17.1 Å². The number of aryl methyl sites for hydroxylation is 2. The Kier molecular flexibility index (Phi) is 3.41. The van der Waals surface area contributed by atoms with E-state index in [1.165, 1.54) is 0 Å². The van der Waals surface area contributed by atoms with E-state index in [1.54, 1.807) is 23.9 Å². The number of aromatic nitrogens is 2. The van der Waals surface area contributed by atoms with E-state index in [9.17, 15) is 0 Å². The van der Waals surface area contributed by atoms with Gasteiger partial charge in [0, 0.05) is 13.1 Å². The highest BCUT2D eigenvalue weighted by molar-refractivity contribution is 5.56. The first kappa shape index (κ1) is 12.3. The third kappa shape index (κ3) is 2.56. The second kappa shape index (κ2) is 5.00. The minimum absolute atomic E-state index is 0.438. The minimum atomic E-state index is 0.438. The van der Waals surface area contributed by atoms with E-state index in [1.807, 2.05) is 26.1 Å². The van der Waals surface area contributed by atoms with Gasteiger partial charge in [-0.05, 0) is 25.1 Å². The highest BCUT2D eigenvalue weighted by atomic mass is 16.5. The Morgan fingerprint density at radius 3 is 2.67 bits per heavy atom. The summed E-state index contributed by atoms with van der Waals surface area (Å²) >= 11 is 0. The quantitative estimate of drug-likeness (QED) is 0.838. The summed E-state index contributed by atoms with van der Waals surface area (Å²) in [6.45, 7) is 2.39. The van der Waals surface area contributed by atoms with Crippen molar-refractivity contribution in [3.05, 3.63) is 35.7 Å². The predicted molar refractivity (Wildman–Crippen MR) is 69.7 cm³/mol. The monoisotopic (exact) mass is 247 g/mol. The Bertz CT molecular complexity index is 549. The molecule has 0 unspecified atom stereocenters. The molecule has 0 saturated carbocycles. The average Bonchev–Trinajstić information content (AvgIpc) is 2.66. The number of rotatable bonds is 4. The molecular formula is C13H17N3O2. The van der Waals surface area contributed by atoms with Gasteiger partial charge in [0.05, 0.1) is 24.2 Å². The Balaban J connectivity index is 2.08. The fourth-order valence-electron chi connectivity index (χ4n) is 1.74. The number of nitrogens with two attached hydrogens (primary N) is 1. The van der Waals surface area contributed by atoms with Crippen LogP contribution in [0.1, 0.15) is 11.4 Å². The number of benzene rings is 1. The first-order chi connectivity index (χ1) is 8.60. The number of ether oxygens (including phenoxy) is 2. The van der Waals surface area contributed by atoms with Crippen molar-refractivity contribution in [2.24, 2.45) is 7.05 Å². The molecule has 0 aliphatic heterocycles. The maximum atomic E-state index is 5.88. The summed E-state index contributed by atoms with van der Waals surface area (Å²) < 4.78 is 12.6. The van der Waals surface area contributed by atoms with Gasteiger partial charge in [-0.3, -0.25) is 4.68 Å². The average molecular weight is 247 g/mol. The van der Waals surface area contributed by atoms with Crippen LogP contribution in [0.25, 0.3) is 0 Å². The van der Waals surface area contributed by atoms with Crippen LogP contribution < -0.4 is 15.2 Å². The Morgan fingerprint density at radius 1 is 1.33 bits per heavy atom. The summed E-state index contributed by atoms with van der Waals surface area (Å²) in [7, 11) is 3.50. The lowest BCUT2D eigenvalue weighted by Gasteiger charge is -2.10. The van der Waals surface area contributed by atoms with Crippen molar-refractivity contribution in [1.29, 1.82) is 0 Å². The third-order valence-corrected chi connectivity index (χ3v) is 2.69. The van der Waals surface area contributed by atoms with Crippen molar-refractivity contribution in [1.82, 2.24) is 9.78 Å². The molecule has 1 aromatic heterocycles. The molecule has 96 valence electrons. The van der Waals surface area contributed by atoms with Crippen molar-refractivity contribution >= 4 is 5.69 Å². The topological polar surface area (TPSA) is 62.3 Å². The van der Waals surface area contributed by atoms with E-state index >= 15 is 0 Å². The standard InChI is InChI=1S/C13H17N3O2/c1-9-6-10(16(2)15-9)8-18-13-5-4-11(17-3)7-12(13)14/h4-7H,8,14H2,1-3H3. The zero-order chi connectivity index (χ0) is 13.1. The maximum absolute atomic E-state index is 5.88. The van der Waals surface area contributed by atoms with Crippen LogP contribution in [0.5, 0.6) is 11.5 Å². The molecule has 18 heavy (non-hydrogen) atoms. The highest BCUT2D eigenvalue weighted by Crippen LogP contribution is 2.26. The molecule has 0 saturated heterocycles. The second-order valence-electron chi connectivity index (χ2n) is 4.09. The molecule has 0 bridgehead atoms. The molecule has 0 spiro atoms. The van der Waals surface area contributed by atoms with E-state index < -0.39 is 0 Å². The van der Waals surface area contributed by atoms with Gasteiger partial charge < -0.3 is 15.2 Å². The van der Waals surface area contributed by atoms with Crippen LogP contribution in [0.2, 0.25) is 0 Å². The fourth-order valence-corrected chi connectivity index (χ4v) is 1.74. The Labute approximate surface area is 106 Å². The summed E-state index contributed by atoms with van der Waals surface area (Å²) in [6.07, 6.45) is 0. The second-order valence-corrected chi connectivity index (χ2v) is 4.09. The van der Waals surface area contributed by atoms with Gasteiger partial charge in [0.2, 0.25) is 0 Å². The van der Waals surface area contributed by atoms with Gasteiger partial charge in [0.15, 0.2) is 0 Å². The van der Waals surface area contributed by atoms with Gasteiger partial charge in [0.1, 0.15) is 18.1 Å². The van der Waals surface area contributed by atoms with Crippen LogP contribution in [0.15, 0.2) is 24.3 Å². The first-order valence-electron chi connectivity index (χ1n) is 5.66. The Hall–Kier alpha value is -2.17. The van der Waals surface area contributed by atoms with Crippen LogP contribution in [0, 0.1) is 6.92 Å². The summed E-state index contributed by atoms with van der Waals surface area (Å²) in [6, 6.07) is 7.35. The first-order valence-corrected chi connectivity index (χ1v) is 5.66. The molecule has 0 aliphatic rings. The molecule has 1 aromatic carbocycles. The molecule has 2 aromatic rings.